The molecule has 3 rings (SSSR count). The third kappa shape index (κ3) is 2.88. The highest BCUT2D eigenvalue weighted by atomic mass is 32.2. The van der Waals surface area contributed by atoms with Crippen LogP contribution in [-0.2, 0) is 12.8 Å². The minimum Gasteiger partial charge on any atom is -0.366 e. The van der Waals surface area contributed by atoms with Crippen LogP contribution >= 0.6 is 11.8 Å². The summed E-state index contributed by atoms with van der Waals surface area (Å²) in [5.74, 6) is 2.34. The van der Waals surface area contributed by atoms with E-state index in [-0.39, 0.29) is 0 Å². The molecule has 0 aromatic carbocycles. The van der Waals surface area contributed by atoms with Crippen LogP contribution in [0.1, 0.15) is 50.3 Å². The lowest BCUT2D eigenvalue weighted by Crippen LogP contribution is -2.28. The van der Waals surface area contributed by atoms with E-state index >= 15 is 0 Å². The smallest absolute Gasteiger partial charge is 0.133 e. The van der Waals surface area contributed by atoms with Gasteiger partial charge in [0, 0.05) is 22.5 Å². The van der Waals surface area contributed by atoms with E-state index in [0.29, 0.717) is 6.04 Å². The molecule has 0 spiro atoms. The van der Waals surface area contributed by atoms with Gasteiger partial charge in [0.2, 0.25) is 0 Å². The van der Waals surface area contributed by atoms with Gasteiger partial charge in [0.15, 0.2) is 0 Å². The van der Waals surface area contributed by atoms with E-state index in [4.69, 9.17) is 0 Å². The van der Waals surface area contributed by atoms with Crippen LogP contribution in [0.5, 0.6) is 0 Å². The Labute approximate surface area is 120 Å². The van der Waals surface area contributed by atoms with Crippen molar-refractivity contribution in [2.75, 3.05) is 11.1 Å². The SMILES string of the molecule is CCSC1CCCC1Nc1ncnc2c1CCCC2. The molecule has 2 aliphatic carbocycles. The Morgan fingerprint density at radius 1 is 1.21 bits per heavy atom. The summed E-state index contributed by atoms with van der Waals surface area (Å²) in [7, 11) is 0. The van der Waals surface area contributed by atoms with Crippen molar-refractivity contribution in [2.45, 2.75) is 63.2 Å². The highest BCUT2D eigenvalue weighted by Gasteiger charge is 2.28. The molecular weight excluding hydrogens is 254 g/mol. The van der Waals surface area contributed by atoms with Gasteiger partial charge >= 0.3 is 0 Å². The van der Waals surface area contributed by atoms with Crippen LogP contribution in [0.2, 0.25) is 0 Å². The van der Waals surface area contributed by atoms with Crippen LogP contribution in [0.3, 0.4) is 0 Å². The van der Waals surface area contributed by atoms with Crippen molar-refractivity contribution in [3.63, 3.8) is 0 Å². The van der Waals surface area contributed by atoms with E-state index in [1.165, 1.54) is 49.1 Å². The fourth-order valence-corrected chi connectivity index (χ4v) is 4.52. The van der Waals surface area contributed by atoms with E-state index in [2.05, 4.69) is 34.0 Å². The van der Waals surface area contributed by atoms with Gasteiger partial charge < -0.3 is 5.32 Å². The number of aromatic nitrogens is 2. The standard InChI is InChI=1S/C15H23N3S/c1-2-19-14-9-5-8-13(14)18-15-11-6-3-4-7-12(11)16-10-17-15/h10,13-14H,2-9H2,1H3,(H,16,17,18). The fraction of sp³-hybridized carbons (Fsp3) is 0.733. The predicted molar refractivity (Wildman–Crippen MR) is 81.9 cm³/mol. The number of hydrogen-bond acceptors (Lipinski definition) is 4. The van der Waals surface area contributed by atoms with Crippen molar-refractivity contribution >= 4 is 17.6 Å². The van der Waals surface area contributed by atoms with E-state index < -0.39 is 0 Å². The van der Waals surface area contributed by atoms with Crippen molar-refractivity contribution in [3.8, 4) is 0 Å². The second kappa shape index (κ2) is 6.12. The number of nitrogens with one attached hydrogen (secondary N) is 1. The fourth-order valence-electron chi connectivity index (χ4n) is 3.33. The zero-order valence-electron chi connectivity index (χ0n) is 11.7. The molecule has 1 fully saturated rings. The summed E-state index contributed by atoms with van der Waals surface area (Å²) >= 11 is 2.10. The van der Waals surface area contributed by atoms with E-state index in [0.717, 1.165) is 23.9 Å². The molecule has 2 atom stereocenters. The maximum atomic E-state index is 4.52. The average molecular weight is 277 g/mol. The van der Waals surface area contributed by atoms with Gasteiger partial charge in [0.1, 0.15) is 12.1 Å². The molecule has 1 aromatic rings. The van der Waals surface area contributed by atoms with Crippen LogP contribution in [0.25, 0.3) is 0 Å². The number of thioether (sulfide) groups is 1. The Balaban J connectivity index is 1.76. The molecule has 104 valence electrons. The lowest BCUT2D eigenvalue weighted by molar-refractivity contribution is 0.659. The monoisotopic (exact) mass is 277 g/mol. The third-order valence-electron chi connectivity index (χ3n) is 4.28. The molecule has 1 aromatic heterocycles. The van der Waals surface area contributed by atoms with Crippen molar-refractivity contribution in [2.24, 2.45) is 0 Å². The maximum Gasteiger partial charge on any atom is 0.133 e. The number of fused-ring (bicyclic) bond motifs is 1. The summed E-state index contributed by atoms with van der Waals surface area (Å²) in [6.07, 6.45) is 10.6. The van der Waals surface area contributed by atoms with Crippen LogP contribution < -0.4 is 5.32 Å². The van der Waals surface area contributed by atoms with E-state index in [1.54, 1.807) is 6.33 Å². The first-order chi connectivity index (χ1) is 9.38. The number of anilines is 1. The van der Waals surface area contributed by atoms with Gasteiger partial charge in [0.05, 0.1) is 0 Å². The first-order valence-electron chi connectivity index (χ1n) is 7.59. The highest BCUT2D eigenvalue weighted by Crippen LogP contribution is 2.33. The minimum absolute atomic E-state index is 0.603. The molecule has 0 amide bonds. The van der Waals surface area contributed by atoms with Gasteiger partial charge in [-0.3, -0.25) is 0 Å². The zero-order chi connectivity index (χ0) is 13.1. The molecule has 1 N–H and O–H groups in total. The van der Waals surface area contributed by atoms with Gasteiger partial charge in [-0.15, -0.1) is 0 Å². The first-order valence-corrected chi connectivity index (χ1v) is 8.64. The molecule has 1 heterocycles. The second-order valence-corrected chi connectivity index (χ2v) is 7.05. The molecule has 0 radical (unpaired) electrons. The summed E-state index contributed by atoms with van der Waals surface area (Å²) in [5, 5.41) is 4.50. The molecule has 2 unspecified atom stereocenters. The Morgan fingerprint density at radius 3 is 3.00 bits per heavy atom. The van der Waals surface area contributed by atoms with Crippen LogP contribution in [0.4, 0.5) is 5.82 Å². The highest BCUT2D eigenvalue weighted by molar-refractivity contribution is 7.99. The molecule has 3 nitrogen and oxygen atoms in total. The predicted octanol–water partition coefficient (Wildman–Crippen LogP) is 3.44. The molecule has 0 bridgehead atoms. The molecule has 19 heavy (non-hydrogen) atoms. The Kier molecular flexibility index (Phi) is 4.26. The number of nitrogens with zero attached hydrogens (tertiary/aromatic N) is 2. The van der Waals surface area contributed by atoms with Crippen LogP contribution in [-0.4, -0.2) is 27.0 Å². The minimum atomic E-state index is 0.603. The summed E-state index contributed by atoms with van der Waals surface area (Å²) < 4.78 is 0. The lowest BCUT2D eigenvalue weighted by Gasteiger charge is -2.24. The van der Waals surface area contributed by atoms with E-state index in [9.17, 15) is 0 Å². The summed E-state index contributed by atoms with van der Waals surface area (Å²) in [6, 6.07) is 0.603. The Morgan fingerprint density at radius 2 is 2.11 bits per heavy atom. The molecule has 0 aliphatic heterocycles. The number of aryl methyl sites for hydroxylation is 1. The van der Waals surface area contributed by atoms with E-state index in [1.807, 2.05) is 0 Å². The van der Waals surface area contributed by atoms with Crippen molar-refractivity contribution in [1.29, 1.82) is 0 Å². The van der Waals surface area contributed by atoms with Gasteiger partial charge in [-0.25, -0.2) is 9.97 Å². The van der Waals surface area contributed by atoms with Gasteiger partial charge in [-0.1, -0.05) is 13.3 Å². The number of hydrogen-bond donors (Lipinski definition) is 1. The molecule has 0 saturated heterocycles. The normalized spacial score (nSPS) is 26.2. The van der Waals surface area contributed by atoms with Crippen LogP contribution in [0, 0.1) is 0 Å². The molecule has 2 aliphatic rings. The topological polar surface area (TPSA) is 37.8 Å². The molecular formula is C15H23N3S. The van der Waals surface area contributed by atoms with Crippen molar-refractivity contribution < 1.29 is 0 Å². The van der Waals surface area contributed by atoms with Crippen molar-refractivity contribution in [1.82, 2.24) is 9.97 Å². The Hall–Kier alpha value is -0.770. The van der Waals surface area contributed by atoms with Gasteiger partial charge in [-0.2, -0.15) is 11.8 Å². The zero-order valence-corrected chi connectivity index (χ0v) is 12.5. The van der Waals surface area contributed by atoms with Crippen molar-refractivity contribution in [3.05, 3.63) is 17.6 Å². The number of rotatable bonds is 4. The van der Waals surface area contributed by atoms with Gasteiger partial charge in [-0.05, 0) is 44.3 Å². The molecule has 4 heteroatoms. The Bertz CT molecular complexity index is 435. The summed E-state index contributed by atoms with van der Waals surface area (Å²) in [4.78, 5) is 8.97. The third-order valence-corrected chi connectivity index (χ3v) is 5.61. The lowest BCUT2D eigenvalue weighted by atomic mass is 9.96. The quantitative estimate of drug-likeness (QED) is 0.915. The first kappa shape index (κ1) is 13.2. The summed E-state index contributed by atoms with van der Waals surface area (Å²) in [6.45, 7) is 2.26. The van der Waals surface area contributed by atoms with Crippen LogP contribution in [0.15, 0.2) is 6.33 Å². The summed E-state index contributed by atoms with van der Waals surface area (Å²) in [5.41, 5.74) is 2.67. The van der Waals surface area contributed by atoms with Gasteiger partial charge in [0.25, 0.3) is 0 Å². The maximum absolute atomic E-state index is 4.52. The second-order valence-electron chi connectivity index (χ2n) is 5.53. The largest absolute Gasteiger partial charge is 0.366 e. The molecule has 1 saturated carbocycles. The average Bonchev–Trinajstić information content (AvgIpc) is 2.87.